The van der Waals surface area contributed by atoms with Crippen molar-refractivity contribution in [1.29, 1.82) is 0 Å². The minimum atomic E-state index is 0. The number of aliphatic hydroxyl groups is 1. The number of nitrogens with zero attached hydrogens (tertiary/aromatic N) is 3. The molecule has 0 atom stereocenters. The second kappa shape index (κ2) is 15.3. The normalized spacial score (nSPS) is 14.5. The standard InChI is InChI=1S/C19H34N4O.2ClH/c1-2-20-18-10-9-11-21-19(18)23-15-13-22(14-16-23)12-7-5-3-4-6-8-17-24;;/h9-11,20,24H,2-8,12-17H2,1H3;2*1H. The molecule has 2 N–H and O–H groups in total. The van der Waals surface area contributed by atoms with E-state index in [1.807, 2.05) is 12.3 Å². The third-order valence-electron chi connectivity index (χ3n) is 4.71. The maximum atomic E-state index is 8.77. The highest BCUT2D eigenvalue weighted by atomic mass is 35.5. The first-order chi connectivity index (χ1) is 11.8. The van der Waals surface area contributed by atoms with Gasteiger partial charge in [-0.05, 0) is 38.4 Å². The number of piperazine rings is 1. The van der Waals surface area contributed by atoms with Crippen LogP contribution in [0.5, 0.6) is 0 Å². The Morgan fingerprint density at radius 2 is 1.65 bits per heavy atom. The maximum Gasteiger partial charge on any atom is 0.152 e. The number of aromatic nitrogens is 1. The largest absolute Gasteiger partial charge is 0.396 e. The van der Waals surface area contributed by atoms with Gasteiger partial charge in [0.25, 0.3) is 0 Å². The van der Waals surface area contributed by atoms with E-state index >= 15 is 0 Å². The number of rotatable bonds is 11. The fraction of sp³-hybridized carbons (Fsp3) is 0.737. The van der Waals surface area contributed by atoms with Crippen molar-refractivity contribution in [3.63, 3.8) is 0 Å². The van der Waals surface area contributed by atoms with Crippen LogP contribution in [0.4, 0.5) is 11.5 Å². The smallest absolute Gasteiger partial charge is 0.152 e. The highest BCUT2D eigenvalue weighted by Gasteiger charge is 2.19. The average Bonchev–Trinajstić information content (AvgIpc) is 2.62. The quantitative estimate of drug-likeness (QED) is 0.547. The Hall–Kier alpha value is -0.750. The van der Waals surface area contributed by atoms with E-state index in [-0.39, 0.29) is 24.8 Å². The molecule has 152 valence electrons. The number of unbranched alkanes of at least 4 members (excludes halogenated alkanes) is 5. The van der Waals surface area contributed by atoms with Crippen LogP contribution in [0.2, 0.25) is 0 Å². The van der Waals surface area contributed by atoms with E-state index in [4.69, 9.17) is 5.11 Å². The van der Waals surface area contributed by atoms with Crippen LogP contribution in [-0.4, -0.2) is 60.9 Å². The summed E-state index contributed by atoms with van der Waals surface area (Å²) in [5, 5.41) is 12.2. The fourth-order valence-corrected chi connectivity index (χ4v) is 3.31. The van der Waals surface area contributed by atoms with Crippen molar-refractivity contribution < 1.29 is 5.11 Å². The van der Waals surface area contributed by atoms with E-state index in [2.05, 4.69) is 33.1 Å². The lowest BCUT2D eigenvalue weighted by Crippen LogP contribution is -2.47. The van der Waals surface area contributed by atoms with E-state index in [1.165, 1.54) is 38.6 Å². The second-order valence-electron chi connectivity index (χ2n) is 6.58. The number of nitrogens with one attached hydrogen (secondary N) is 1. The van der Waals surface area contributed by atoms with Crippen LogP contribution < -0.4 is 10.2 Å². The summed E-state index contributed by atoms with van der Waals surface area (Å²) in [6.45, 7) is 9.00. The number of hydrogen-bond acceptors (Lipinski definition) is 5. The summed E-state index contributed by atoms with van der Waals surface area (Å²) in [5.74, 6) is 1.10. The number of pyridine rings is 1. The molecule has 2 heterocycles. The number of anilines is 2. The van der Waals surface area contributed by atoms with Crippen molar-refractivity contribution in [3.8, 4) is 0 Å². The molecule has 5 nitrogen and oxygen atoms in total. The van der Waals surface area contributed by atoms with Gasteiger partial charge in [0.2, 0.25) is 0 Å². The Labute approximate surface area is 171 Å². The summed E-state index contributed by atoms with van der Waals surface area (Å²) >= 11 is 0. The molecule has 1 fully saturated rings. The molecule has 1 aliphatic heterocycles. The van der Waals surface area contributed by atoms with Gasteiger partial charge in [-0.2, -0.15) is 0 Å². The highest BCUT2D eigenvalue weighted by molar-refractivity contribution is 5.85. The van der Waals surface area contributed by atoms with Crippen molar-refractivity contribution in [3.05, 3.63) is 18.3 Å². The Bertz CT molecular complexity index is 457. The molecule has 0 amide bonds. The van der Waals surface area contributed by atoms with Gasteiger partial charge in [-0.15, -0.1) is 24.8 Å². The molecule has 26 heavy (non-hydrogen) atoms. The van der Waals surface area contributed by atoms with Gasteiger partial charge in [0.1, 0.15) is 0 Å². The Balaban J connectivity index is 0.00000312. The molecule has 7 heteroatoms. The summed E-state index contributed by atoms with van der Waals surface area (Å²) in [7, 11) is 0. The number of halogens is 2. The predicted octanol–water partition coefficient (Wildman–Crippen LogP) is 3.81. The zero-order valence-corrected chi connectivity index (χ0v) is 17.7. The maximum absolute atomic E-state index is 8.77. The average molecular weight is 407 g/mol. The number of aliphatic hydroxyl groups excluding tert-OH is 1. The van der Waals surface area contributed by atoms with Crippen LogP contribution in [0.3, 0.4) is 0 Å². The van der Waals surface area contributed by atoms with Gasteiger partial charge in [0.15, 0.2) is 5.82 Å². The highest BCUT2D eigenvalue weighted by Crippen LogP contribution is 2.23. The van der Waals surface area contributed by atoms with Crippen LogP contribution in [0.25, 0.3) is 0 Å². The molecule has 1 aliphatic rings. The van der Waals surface area contributed by atoms with Gasteiger partial charge in [-0.25, -0.2) is 4.98 Å². The first-order valence-corrected chi connectivity index (χ1v) is 9.62. The summed E-state index contributed by atoms with van der Waals surface area (Å²) < 4.78 is 0. The Kier molecular flexibility index (Phi) is 14.9. The summed E-state index contributed by atoms with van der Waals surface area (Å²) in [5.41, 5.74) is 1.15. The lowest BCUT2D eigenvalue weighted by atomic mass is 10.1. The molecule has 1 aromatic rings. The van der Waals surface area contributed by atoms with Gasteiger partial charge < -0.3 is 15.3 Å². The molecule has 1 aromatic heterocycles. The lowest BCUT2D eigenvalue weighted by Gasteiger charge is -2.36. The zero-order chi connectivity index (χ0) is 17.0. The molecule has 0 saturated carbocycles. The first-order valence-electron chi connectivity index (χ1n) is 9.62. The molecule has 1 saturated heterocycles. The van der Waals surface area contributed by atoms with E-state index in [0.29, 0.717) is 6.61 Å². The minimum absolute atomic E-state index is 0. The first kappa shape index (κ1) is 25.2. The molecule has 0 aromatic carbocycles. The number of hydrogen-bond donors (Lipinski definition) is 2. The summed E-state index contributed by atoms with van der Waals surface area (Å²) in [4.78, 5) is 9.57. The molecule has 0 aliphatic carbocycles. The van der Waals surface area contributed by atoms with Gasteiger partial charge >= 0.3 is 0 Å². The van der Waals surface area contributed by atoms with E-state index in [9.17, 15) is 0 Å². The van der Waals surface area contributed by atoms with Crippen molar-refractivity contribution in [1.82, 2.24) is 9.88 Å². The van der Waals surface area contributed by atoms with Crippen molar-refractivity contribution >= 4 is 36.3 Å². The van der Waals surface area contributed by atoms with Gasteiger partial charge in [0, 0.05) is 45.5 Å². The monoisotopic (exact) mass is 406 g/mol. The van der Waals surface area contributed by atoms with Crippen molar-refractivity contribution in [2.75, 3.05) is 56.1 Å². The Morgan fingerprint density at radius 1 is 1.00 bits per heavy atom. The predicted molar refractivity (Wildman–Crippen MR) is 116 cm³/mol. The van der Waals surface area contributed by atoms with Gasteiger partial charge in [0.05, 0.1) is 5.69 Å². The molecular formula is C19H36Cl2N4O. The van der Waals surface area contributed by atoms with E-state index < -0.39 is 0 Å². The summed E-state index contributed by atoms with van der Waals surface area (Å²) in [6, 6.07) is 4.12. The van der Waals surface area contributed by atoms with Crippen LogP contribution in [-0.2, 0) is 0 Å². The fourth-order valence-electron chi connectivity index (χ4n) is 3.31. The topological polar surface area (TPSA) is 51.6 Å². The molecule has 0 unspecified atom stereocenters. The molecule has 0 bridgehead atoms. The van der Waals surface area contributed by atoms with Crippen LogP contribution in [0, 0.1) is 0 Å². The molecule has 0 spiro atoms. The third kappa shape index (κ3) is 8.76. The van der Waals surface area contributed by atoms with Crippen LogP contribution in [0.15, 0.2) is 18.3 Å². The summed E-state index contributed by atoms with van der Waals surface area (Å²) in [6.07, 6.45) is 9.21. The van der Waals surface area contributed by atoms with Crippen molar-refractivity contribution in [2.45, 2.75) is 45.4 Å². The van der Waals surface area contributed by atoms with Crippen LogP contribution in [0.1, 0.15) is 45.4 Å². The molecular weight excluding hydrogens is 371 g/mol. The van der Waals surface area contributed by atoms with E-state index in [0.717, 1.165) is 50.6 Å². The molecule has 2 rings (SSSR count). The Morgan fingerprint density at radius 3 is 2.31 bits per heavy atom. The van der Waals surface area contributed by atoms with Crippen LogP contribution >= 0.6 is 24.8 Å². The second-order valence-corrected chi connectivity index (χ2v) is 6.58. The molecule has 0 radical (unpaired) electrons. The minimum Gasteiger partial charge on any atom is -0.396 e. The third-order valence-corrected chi connectivity index (χ3v) is 4.71. The van der Waals surface area contributed by atoms with Crippen molar-refractivity contribution in [2.24, 2.45) is 0 Å². The van der Waals surface area contributed by atoms with Gasteiger partial charge in [-0.1, -0.05) is 25.7 Å². The van der Waals surface area contributed by atoms with E-state index in [1.54, 1.807) is 0 Å². The SMILES string of the molecule is CCNc1cccnc1N1CCN(CCCCCCCCO)CC1.Cl.Cl. The van der Waals surface area contributed by atoms with Gasteiger partial charge in [-0.3, -0.25) is 4.90 Å². The lowest BCUT2D eigenvalue weighted by molar-refractivity contribution is 0.250. The zero-order valence-electron chi connectivity index (χ0n) is 16.0.